The van der Waals surface area contributed by atoms with Gasteiger partial charge in [-0.2, -0.15) is 0 Å². The minimum Gasteiger partial charge on any atom is -0.407 e. The van der Waals surface area contributed by atoms with Gasteiger partial charge in [0.05, 0.1) is 0 Å². The minimum absolute atomic E-state index is 0.214. The molecule has 1 rings (SSSR count). The van der Waals surface area contributed by atoms with Gasteiger partial charge in [0.1, 0.15) is 0 Å². The monoisotopic (exact) mass is 234 g/mol. The van der Waals surface area contributed by atoms with Crippen LogP contribution in [-0.2, 0) is 9.31 Å². The Bertz CT molecular complexity index is 311. The van der Waals surface area contributed by atoms with Gasteiger partial charge in [0.2, 0.25) is 0 Å². The highest BCUT2D eigenvalue weighted by atomic mass is 16.6. The quantitative estimate of drug-likeness (QED) is 0.675. The van der Waals surface area contributed by atoms with Crippen LogP contribution in [0.2, 0.25) is 0 Å². The number of benzene rings is 1. The molecular formula is C14H23BO2. The van der Waals surface area contributed by atoms with E-state index in [2.05, 4.69) is 45.9 Å². The molecule has 2 nitrogen and oxygen atoms in total. The summed E-state index contributed by atoms with van der Waals surface area (Å²) in [5.41, 5.74) is 3.64. The van der Waals surface area contributed by atoms with Crippen molar-refractivity contribution in [1.29, 1.82) is 0 Å². The Balaban J connectivity index is 2.78. The Hall–Kier alpha value is -0.795. The lowest BCUT2D eigenvalue weighted by Gasteiger charge is -2.15. The largest absolute Gasteiger partial charge is 0.493 e. The fraction of sp³-hybridized carbons (Fsp3) is 0.571. The van der Waals surface area contributed by atoms with E-state index in [0.717, 1.165) is 31.5 Å². The normalized spacial score (nSPS) is 10.6. The van der Waals surface area contributed by atoms with Crippen molar-refractivity contribution in [3.8, 4) is 0 Å². The van der Waals surface area contributed by atoms with Crippen molar-refractivity contribution >= 4 is 12.6 Å². The molecule has 0 unspecified atom stereocenters. The summed E-state index contributed by atoms with van der Waals surface area (Å²) in [4.78, 5) is 0. The van der Waals surface area contributed by atoms with E-state index < -0.39 is 0 Å². The molecule has 0 fully saturated rings. The summed E-state index contributed by atoms with van der Waals surface area (Å²) in [5.74, 6) is 0. The minimum atomic E-state index is -0.214. The third-order valence-corrected chi connectivity index (χ3v) is 2.46. The second-order valence-electron chi connectivity index (χ2n) is 4.49. The zero-order valence-corrected chi connectivity index (χ0v) is 11.5. The van der Waals surface area contributed by atoms with Crippen LogP contribution < -0.4 is 5.46 Å². The summed E-state index contributed by atoms with van der Waals surface area (Å²) in [6.07, 6.45) is 2.02. The van der Waals surface area contributed by atoms with E-state index in [1.54, 1.807) is 0 Å². The van der Waals surface area contributed by atoms with Crippen LogP contribution in [0.1, 0.15) is 37.8 Å². The average molecular weight is 234 g/mol. The van der Waals surface area contributed by atoms with Crippen LogP contribution in [-0.4, -0.2) is 20.3 Å². The molecule has 0 aromatic heterocycles. The average Bonchev–Trinajstić information content (AvgIpc) is 2.28. The molecule has 0 bridgehead atoms. The fourth-order valence-electron chi connectivity index (χ4n) is 1.84. The van der Waals surface area contributed by atoms with Crippen molar-refractivity contribution in [3.63, 3.8) is 0 Å². The van der Waals surface area contributed by atoms with Crippen molar-refractivity contribution in [3.05, 3.63) is 29.3 Å². The molecule has 0 N–H and O–H groups in total. The fourth-order valence-corrected chi connectivity index (χ4v) is 1.84. The molecule has 0 radical (unpaired) electrons. The molecule has 0 saturated heterocycles. The molecule has 0 saturated carbocycles. The molecule has 94 valence electrons. The molecule has 0 aliphatic rings. The predicted octanol–water partition coefficient (Wildman–Crippen LogP) is 2.85. The molecular weight excluding hydrogens is 211 g/mol. The Morgan fingerprint density at radius 2 is 1.35 bits per heavy atom. The van der Waals surface area contributed by atoms with Gasteiger partial charge < -0.3 is 9.31 Å². The van der Waals surface area contributed by atoms with Gasteiger partial charge in [-0.15, -0.1) is 0 Å². The van der Waals surface area contributed by atoms with Crippen LogP contribution in [0.3, 0.4) is 0 Å². The van der Waals surface area contributed by atoms with E-state index in [1.807, 2.05) is 0 Å². The van der Waals surface area contributed by atoms with Gasteiger partial charge in [0.25, 0.3) is 0 Å². The predicted molar refractivity (Wildman–Crippen MR) is 73.8 cm³/mol. The summed E-state index contributed by atoms with van der Waals surface area (Å²) in [7, 11) is -0.214. The highest BCUT2D eigenvalue weighted by Gasteiger charge is 2.21. The van der Waals surface area contributed by atoms with E-state index in [0.29, 0.717) is 0 Å². The van der Waals surface area contributed by atoms with Crippen LogP contribution in [0.15, 0.2) is 18.2 Å². The topological polar surface area (TPSA) is 18.5 Å². The first-order valence-electron chi connectivity index (χ1n) is 6.48. The number of hydrogen-bond donors (Lipinski definition) is 0. The Kier molecular flexibility index (Phi) is 6.31. The first-order valence-corrected chi connectivity index (χ1v) is 6.48. The van der Waals surface area contributed by atoms with Crippen LogP contribution >= 0.6 is 0 Å². The lowest BCUT2D eigenvalue weighted by atomic mass is 9.77. The SMILES string of the molecule is CCCOB(OCCC)c1cc(C)cc(C)c1. The first-order chi connectivity index (χ1) is 8.17. The van der Waals surface area contributed by atoms with Gasteiger partial charge in [0, 0.05) is 13.2 Å². The molecule has 3 heteroatoms. The smallest absolute Gasteiger partial charge is 0.407 e. The van der Waals surface area contributed by atoms with Crippen LogP contribution in [0.4, 0.5) is 0 Å². The first kappa shape index (κ1) is 14.3. The van der Waals surface area contributed by atoms with Gasteiger partial charge in [-0.05, 0) is 32.2 Å². The number of hydrogen-bond acceptors (Lipinski definition) is 2. The summed E-state index contributed by atoms with van der Waals surface area (Å²) in [6.45, 7) is 9.90. The van der Waals surface area contributed by atoms with E-state index in [4.69, 9.17) is 9.31 Å². The van der Waals surface area contributed by atoms with Crippen molar-refractivity contribution < 1.29 is 9.31 Å². The van der Waals surface area contributed by atoms with Gasteiger partial charge in [0.15, 0.2) is 0 Å². The zero-order valence-electron chi connectivity index (χ0n) is 11.5. The lowest BCUT2D eigenvalue weighted by Crippen LogP contribution is -2.38. The van der Waals surface area contributed by atoms with E-state index in [9.17, 15) is 0 Å². The Morgan fingerprint density at radius 3 is 1.76 bits per heavy atom. The molecule has 1 aromatic carbocycles. The maximum Gasteiger partial charge on any atom is 0.493 e. The van der Waals surface area contributed by atoms with Crippen molar-refractivity contribution in [2.45, 2.75) is 40.5 Å². The van der Waals surface area contributed by atoms with E-state index >= 15 is 0 Å². The van der Waals surface area contributed by atoms with Gasteiger partial charge in [-0.1, -0.05) is 43.2 Å². The number of aryl methyl sites for hydroxylation is 2. The van der Waals surface area contributed by atoms with Crippen molar-refractivity contribution in [2.75, 3.05) is 13.2 Å². The third kappa shape index (κ3) is 4.92. The maximum atomic E-state index is 5.77. The van der Waals surface area contributed by atoms with E-state index in [-0.39, 0.29) is 7.12 Å². The van der Waals surface area contributed by atoms with E-state index in [1.165, 1.54) is 11.1 Å². The van der Waals surface area contributed by atoms with Crippen molar-refractivity contribution in [2.24, 2.45) is 0 Å². The molecule has 17 heavy (non-hydrogen) atoms. The Labute approximate surface area is 105 Å². The molecule has 0 atom stereocenters. The second-order valence-corrected chi connectivity index (χ2v) is 4.49. The summed E-state index contributed by atoms with van der Waals surface area (Å²) >= 11 is 0. The zero-order chi connectivity index (χ0) is 12.7. The molecule has 1 aromatic rings. The standard InChI is InChI=1S/C14H23BO2/c1-5-7-16-15(17-8-6-2)14-10-12(3)9-13(4)11-14/h9-11H,5-8H2,1-4H3. The molecule has 0 heterocycles. The number of rotatable bonds is 7. The lowest BCUT2D eigenvalue weighted by molar-refractivity contribution is 0.207. The van der Waals surface area contributed by atoms with Crippen LogP contribution in [0, 0.1) is 13.8 Å². The summed E-state index contributed by atoms with van der Waals surface area (Å²) in [6, 6.07) is 6.45. The van der Waals surface area contributed by atoms with Crippen LogP contribution in [0.25, 0.3) is 0 Å². The highest BCUT2D eigenvalue weighted by molar-refractivity contribution is 6.61. The van der Waals surface area contributed by atoms with Gasteiger partial charge >= 0.3 is 7.12 Å². The Morgan fingerprint density at radius 1 is 0.882 bits per heavy atom. The summed E-state index contributed by atoms with van der Waals surface area (Å²) < 4.78 is 11.5. The van der Waals surface area contributed by atoms with Crippen molar-refractivity contribution in [1.82, 2.24) is 0 Å². The van der Waals surface area contributed by atoms with Gasteiger partial charge in [-0.3, -0.25) is 0 Å². The highest BCUT2D eigenvalue weighted by Crippen LogP contribution is 2.03. The maximum absolute atomic E-state index is 5.77. The molecule has 0 amide bonds. The summed E-state index contributed by atoms with van der Waals surface area (Å²) in [5, 5.41) is 0. The van der Waals surface area contributed by atoms with Crippen LogP contribution in [0.5, 0.6) is 0 Å². The third-order valence-electron chi connectivity index (χ3n) is 2.46. The molecule has 0 aliphatic carbocycles. The molecule has 0 spiro atoms. The second kappa shape index (κ2) is 7.52. The van der Waals surface area contributed by atoms with Gasteiger partial charge in [-0.25, -0.2) is 0 Å². The molecule has 0 aliphatic heterocycles.